The zero-order chi connectivity index (χ0) is 29.5. The minimum Gasteiger partial charge on any atom is -0.504 e. The second-order valence-electron chi connectivity index (χ2n) is 8.60. The van der Waals surface area contributed by atoms with E-state index in [0.29, 0.717) is 0 Å². The van der Waals surface area contributed by atoms with Crippen molar-refractivity contribution in [2.24, 2.45) is 0 Å². The molecule has 3 aromatic rings. The minimum absolute atomic E-state index is 0.0504. The number of fused-ring (bicyclic) bond motifs is 1. The number of hydrogen-bond donors (Lipinski definition) is 7. The van der Waals surface area contributed by atoms with Gasteiger partial charge in [0.25, 0.3) is 0 Å². The third kappa shape index (κ3) is 4.52. The quantitative estimate of drug-likeness (QED) is 0.186. The monoisotopic (exact) mass is 568 g/mol. The lowest BCUT2D eigenvalue weighted by atomic mass is 9.99. The van der Waals surface area contributed by atoms with Crippen LogP contribution in [0.3, 0.4) is 0 Å². The first-order valence-electron chi connectivity index (χ1n) is 11.6. The van der Waals surface area contributed by atoms with Gasteiger partial charge in [-0.1, -0.05) is 0 Å². The molecule has 0 spiro atoms. The molecule has 1 aromatic heterocycles. The molecule has 5 atom stereocenters. The molecule has 2 heterocycles. The van der Waals surface area contributed by atoms with Crippen LogP contribution in [0.15, 0.2) is 21.3 Å². The van der Waals surface area contributed by atoms with Crippen molar-refractivity contribution < 1.29 is 68.6 Å². The molecule has 15 heteroatoms. The van der Waals surface area contributed by atoms with E-state index in [1.807, 2.05) is 0 Å². The van der Waals surface area contributed by atoms with Crippen molar-refractivity contribution in [3.63, 3.8) is 0 Å². The van der Waals surface area contributed by atoms with E-state index in [4.69, 9.17) is 32.8 Å². The van der Waals surface area contributed by atoms with Crippen LogP contribution in [0.5, 0.6) is 46.0 Å². The lowest BCUT2D eigenvalue weighted by Crippen LogP contribution is -2.60. The molecule has 7 N–H and O–H groups in total. The highest BCUT2D eigenvalue weighted by Crippen LogP contribution is 2.51. The Balaban J connectivity index is 1.93. The Morgan fingerprint density at radius 1 is 0.800 bits per heavy atom. The van der Waals surface area contributed by atoms with Crippen molar-refractivity contribution >= 4 is 11.0 Å². The predicted octanol–water partition coefficient (Wildman–Crippen LogP) is -0.210. The Labute approximate surface area is 225 Å². The van der Waals surface area contributed by atoms with E-state index in [9.17, 15) is 40.5 Å². The summed E-state index contributed by atoms with van der Waals surface area (Å²) in [7, 11) is 4.70. The van der Waals surface area contributed by atoms with E-state index < -0.39 is 76.9 Å². The first-order valence-corrected chi connectivity index (χ1v) is 11.6. The van der Waals surface area contributed by atoms with Crippen LogP contribution in [0.1, 0.15) is 0 Å². The maximum atomic E-state index is 13.4. The summed E-state index contributed by atoms with van der Waals surface area (Å²) < 4.78 is 37.5. The fraction of sp³-hybridized carbons (Fsp3) is 0.400. The maximum absolute atomic E-state index is 13.4. The van der Waals surface area contributed by atoms with Crippen molar-refractivity contribution in [2.45, 2.75) is 30.7 Å². The van der Waals surface area contributed by atoms with E-state index in [1.54, 1.807) is 0 Å². The van der Waals surface area contributed by atoms with Crippen LogP contribution >= 0.6 is 0 Å². The summed E-state index contributed by atoms with van der Waals surface area (Å²) in [4.78, 5) is 13.4. The predicted molar refractivity (Wildman–Crippen MR) is 134 cm³/mol. The molecule has 0 amide bonds. The molecule has 15 nitrogen and oxygen atoms in total. The average Bonchev–Trinajstić information content (AvgIpc) is 2.93. The number of phenolic OH excluding ortho intramolecular Hbond substituents is 3. The van der Waals surface area contributed by atoms with Gasteiger partial charge in [-0.3, -0.25) is 4.79 Å². The van der Waals surface area contributed by atoms with Gasteiger partial charge in [0, 0.05) is 5.56 Å². The standard InChI is InChI=1S/C25H28O15/c1-34-20-9(27)5-8(6-10(20)38-25-17(32)16(31)13(28)11(7-26)39-25)19-23(36-3)15(30)12-14(29)22(35-2)18(33)24(37-4)21(12)40-19/h5-6,11,13,16-17,25-29,31-33H,7H2,1-4H3/t11?,13-,16?,17?,25-/m1/s1. The molecule has 1 saturated heterocycles. The van der Waals surface area contributed by atoms with Crippen molar-refractivity contribution in [3.8, 4) is 57.3 Å². The Morgan fingerprint density at radius 2 is 1.43 bits per heavy atom. The molecule has 1 aliphatic heterocycles. The largest absolute Gasteiger partial charge is 0.504 e. The Kier molecular flexibility index (Phi) is 8.04. The number of aliphatic hydroxyl groups excluding tert-OH is 4. The summed E-state index contributed by atoms with van der Waals surface area (Å²) in [6.07, 6.45) is -8.10. The highest BCUT2D eigenvalue weighted by molar-refractivity contribution is 5.96. The molecule has 40 heavy (non-hydrogen) atoms. The van der Waals surface area contributed by atoms with Gasteiger partial charge in [-0.15, -0.1) is 0 Å². The maximum Gasteiger partial charge on any atom is 0.239 e. The number of ether oxygens (including phenoxy) is 6. The highest BCUT2D eigenvalue weighted by Gasteiger charge is 2.45. The van der Waals surface area contributed by atoms with Gasteiger partial charge in [-0.25, -0.2) is 0 Å². The van der Waals surface area contributed by atoms with Crippen molar-refractivity contribution in [3.05, 3.63) is 22.4 Å². The van der Waals surface area contributed by atoms with E-state index in [-0.39, 0.29) is 34.2 Å². The molecule has 4 rings (SSSR count). The topological polar surface area (TPSA) is 227 Å². The third-order valence-electron chi connectivity index (χ3n) is 6.36. The van der Waals surface area contributed by atoms with E-state index in [2.05, 4.69) is 0 Å². The highest BCUT2D eigenvalue weighted by atomic mass is 16.7. The van der Waals surface area contributed by atoms with Crippen LogP contribution in [0.2, 0.25) is 0 Å². The molecule has 0 radical (unpaired) electrons. The zero-order valence-corrected chi connectivity index (χ0v) is 21.6. The summed E-state index contributed by atoms with van der Waals surface area (Å²) in [5.74, 6) is -3.97. The van der Waals surface area contributed by atoms with Crippen LogP contribution in [-0.2, 0) is 4.74 Å². The van der Waals surface area contributed by atoms with Crippen LogP contribution in [0, 0.1) is 0 Å². The molecule has 3 unspecified atom stereocenters. The van der Waals surface area contributed by atoms with Gasteiger partial charge in [0.1, 0.15) is 29.8 Å². The molecule has 0 aliphatic carbocycles. The van der Waals surface area contributed by atoms with E-state index >= 15 is 0 Å². The molecule has 0 saturated carbocycles. The number of aliphatic hydroxyl groups is 4. The van der Waals surface area contributed by atoms with E-state index in [1.165, 1.54) is 20.3 Å². The fourth-order valence-corrected chi connectivity index (χ4v) is 4.39. The third-order valence-corrected chi connectivity index (χ3v) is 6.36. The lowest BCUT2D eigenvalue weighted by molar-refractivity contribution is -0.277. The number of rotatable bonds is 8. The molecule has 1 aliphatic rings. The van der Waals surface area contributed by atoms with Gasteiger partial charge < -0.3 is 68.6 Å². The number of methoxy groups -OCH3 is 4. The van der Waals surface area contributed by atoms with Crippen LogP contribution < -0.4 is 29.1 Å². The first-order chi connectivity index (χ1) is 19.0. The Hall–Kier alpha value is -4.15. The van der Waals surface area contributed by atoms with Gasteiger partial charge in [-0.2, -0.15) is 0 Å². The second kappa shape index (κ2) is 11.1. The number of benzene rings is 2. The lowest BCUT2D eigenvalue weighted by Gasteiger charge is -2.39. The van der Waals surface area contributed by atoms with Crippen molar-refractivity contribution in [2.75, 3.05) is 35.0 Å². The molecule has 2 aromatic carbocycles. The normalized spacial score (nSPS) is 22.6. The summed E-state index contributed by atoms with van der Waals surface area (Å²) >= 11 is 0. The van der Waals surface area contributed by atoms with E-state index in [0.717, 1.165) is 20.3 Å². The second-order valence-corrected chi connectivity index (χ2v) is 8.60. The van der Waals surface area contributed by atoms with Gasteiger partial charge in [0.2, 0.25) is 40.5 Å². The van der Waals surface area contributed by atoms with Gasteiger partial charge >= 0.3 is 0 Å². The summed E-state index contributed by atoms with van der Waals surface area (Å²) in [6, 6.07) is 2.34. The number of hydrogen-bond acceptors (Lipinski definition) is 15. The molecular weight excluding hydrogens is 540 g/mol. The van der Waals surface area contributed by atoms with Crippen LogP contribution in [0.4, 0.5) is 0 Å². The molecule has 218 valence electrons. The Morgan fingerprint density at radius 3 is 2.00 bits per heavy atom. The SMILES string of the molecule is COc1c(O)cc(-c2oc3c(OC)c(O)c(OC)c(O)c3c(=O)c2OC)cc1O[C@@H]1OC(CO)[C@@H](O)C(O)C1O. The van der Waals surface area contributed by atoms with Crippen molar-refractivity contribution in [1.29, 1.82) is 0 Å². The molecular formula is C25H28O15. The Bertz CT molecular complexity index is 1460. The van der Waals surface area contributed by atoms with Crippen molar-refractivity contribution in [1.82, 2.24) is 0 Å². The van der Waals surface area contributed by atoms with Crippen LogP contribution in [-0.4, -0.2) is 101 Å². The van der Waals surface area contributed by atoms with Gasteiger partial charge in [0.15, 0.2) is 28.6 Å². The molecule has 1 fully saturated rings. The molecule has 0 bridgehead atoms. The summed E-state index contributed by atoms with van der Waals surface area (Å²) in [5, 5.41) is 71.4. The van der Waals surface area contributed by atoms with Crippen LogP contribution in [0.25, 0.3) is 22.3 Å². The van der Waals surface area contributed by atoms with Gasteiger partial charge in [-0.05, 0) is 12.1 Å². The number of phenols is 3. The summed E-state index contributed by atoms with van der Waals surface area (Å²) in [5.41, 5.74) is -1.32. The zero-order valence-electron chi connectivity index (χ0n) is 21.6. The number of aromatic hydroxyl groups is 3. The smallest absolute Gasteiger partial charge is 0.239 e. The minimum atomic E-state index is -1.79. The van der Waals surface area contributed by atoms with Gasteiger partial charge in [0.05, 0.1) is 35.0 Å². The average molecular weight is 568 g/mol. The first kappa shape index (κ1) is 28.8. The summed E-state index contributed by atoms with van der Waals surface area (Å²) in [6.45, 7) is -0.709. The fourth-order valence-electron chi connectivity index (χ4n) is 4.39.